The summed E-state index contributed by atoms with van der Waals surface area (Å²) in [5.41, 5.74) is 3.43. The van der Waals surface area contributed by atoms with Crippen molar-refractivity contribution in [2.24, 2.45) is 0 Å². The van der Waals surface area contributed by atoms with Gasteiger partial charge in [0.25, 0.3) is 5.91 Å². The van der Waals surface area contributed by atoms with Crippen LogP contribution in [-0.2, 0) is 16.1 Å². The van der Waals surface area contributed by atoms with Crippen molar-refractivity contribution in [1.29, 1.82) is 0 Å². The number of rotatable bonds is 7. The van der Waals surface area contributed by atoms with Gasteiger partial charge < -0.3 is 19.4 Å². The Balaban J connectivity index is 1.36. The number of fused-ring (bicyclic) bond motifs is 1. The number of hydrogen-bond acceptors (Lipinski definition) is 5. The minimum absolute atomic E-state index is 0.0510. The molecule has 7 nitrogen and oxygen atoms in total. The summed E-state index contributed by atoms with van der Waals surface area (Å²) in [5, 5.41) is 3.84. The van der Waals surface area contributed by atoms with Crippen LogP contribution in [0.15, 0.2) is 52.9 Å². The molecule has 2 heterocycles. The molecule has 0 radical (unpaired) electrons. The third-order valence-electron chi connectivity index (χ3n) is 5.71. The van der Waals surface area contributed by atoms with Crippen molar-refractivity contribution in [3.05, 3.63) is 65.4 Å². The van der Waals surface area contributed by atoms with Crippen LogP contribution in [0, 0.1) is 6.92 Å². The number of carbonyl (C=O) groups is 2. The molecule has 32 heavy (non-hydrogen) atoms. The molecule has 3 aromatic rings. The Kier molecular flexibility index (Phi) is 6.87. The van der Waals surface area contributed by atoms with E-state index in [1.807, 2.05) is 62.4 Å². The molecule has 1 saturated heterocycles. The molecule has 2 amide bonds. The van der Waals surface area contributed by atoms with Crippen LogP contribution in [0.2, 0.25) is 0 Å². The second-order valence-corrected chi connectivity index (χ2v) is 8.03. The monoisotopic (exact) mass is 435 g/mol. The number of aryl methyl sites for hydroxylation is 1. The van der Waals surface area contributed by atoms with Gasteiger partial charge in [-0.15, -0.1) is 0 Å². The van der Waals surface area contributed by atoms with Crippen LogP contribution in [0.5, 0.6) is 0 Å². The Morgan fingerprint density at radius 1 is 1.03 bits per heavy atom. The highest BCUT2D eigenvalue weighted by Crippen LogP contribution is 2.28. The van der Waals surface area contributed by atoms with Crippen LogP contribution in [0.25, 0.3) is 11.0 Å². The highest BCUT2D eigenvalue weighted by atomic mass is 16.5. The van der Waals surface area contributed by atoms with Gasteiger partial charge in [-0.3, -0.25) is 14.5 Å². The Morgan fingerprint density at radius 2 is 1.75 bits per heavy atom. The summed E-state index contributed by atoms with van der Waals surface area (Å²) in [6, 6.07) is 15.4. The molecule has 0 unspecified atom stereocenters. The van der Waals surface area contributed by atoms with Gasteiger partial charge >= 0.3 is 0 Å². The predicted octanol–water partition coefficient (Wildman–Crippen LogP) is 3.67. The van der Waals surface area contributed by atoms with E-state index in [0.717, 1.165) is 22.2 Å². The van der Waals surface area contributed by atoms with E-state index in [1.54, 1.807) is 4.90 Å². The quantitative estimate of drug-likeness (QED) is 0.613. The van der Waals surface area contributed by atoms with Crippen molar-refractivity contribution in [2.75, 3.05) is 44.6 Å². The number of anilines is 1. The van der Waals surface area contributed by atoms with Crippen LogP contribution in [0.1, 0.15) is 28.6 Å². The molecule has 168 valence electrons. The van der Waals surface area contributed by atoms with Crippen LogP contribution < -0.4 is 5.32 Å². The van der Waals surface area contributed by atoms with E-state index >= 15 is 0 Å². The molecule has 1 aliphatic rings. The second kappa shape index (κ2) is 9.97. The zero-order valence-electron chi connectivity index (χ0n) is 18.6. The first-order chi connectivity index (χ1) is 15.5. The molecule has 0 aliphatic carbocycles. The fourth-order valence-electron chi connectivity index (χ4n) is 3.91. The Morgan fingerprint density at radius 3 is 2.47 bits per heavy atom. The molecule has 0 bridgehead atoms. The molecule has 4 rings (SSSR count). The molecular formula is C25H29N3O4. The zero-order valence-corrected chi connectivity index (χ0v) is 18.6. The number of ether oxygens (including phenoxy) is 1. The third kappa shape index (κ3) is 5.00. The SMILES string of the molecule is CCOCc1c(C(=O)N2CCN(CC(=O)Nc3ccc(C)cc3)CC2)oc2ccccc12. The van der Waals surface area contributed by atoms with Crippen molar-refractivity contribution in [3.8, 4) is 0 Å². The molecule has 0 atom stereocenters. The Bertz CT molecular complexity index is 1080. The molecule has 1 fully saturated rings. The van der Waals surface area contributed by atoms with E-state index in [4.69, 9.17) is 9.15 Å². The van der Waals surface area contributed by atoms with Gasteiger partial charge in [0.2, 0.25) is 5.91 Å². The van der Waals surface area contributed by atoms with Crippen molar-refractivity contribution in [2.45, 2.75) is 20.5 Å². The normalized spacial score (nSPS) is 14.6. The molecule has 1 N–H and O–H groups in total. The Labute approximate surface area is 187 Å². The smallest absolute Gasteiger partial charge is 0.290 e. The summed E-state index contributed by atoms with van der Waals surface area (Å²) in [6.07, 6.45) is 0. The summed E-state index contributed by atoms with van der Waals surface area (Å²) in [6.45, 7) is 7.50. The summed E-state index contributed by atoms with van der Waals surface area (Å²) in [7, 11) is 0. The minimum atomic E-state index is -0.125. The summed E-state index contributed by atoms with van der Waals surface area (Å²) < 4.78 is 11.5. The van der Waals surface area contributed by atoms with Gasteiger partial charge in [0, 0.05) is 49.4 Å². The van der Waals surface area contributed by atoms with Crippen molar-refractivity contribution >= 4 is 28.5 Å². The number of hydrogen-bond donors (Lipinski definition) is 1. The number of carbonyl (C=O) groups excluding carboxylic acids is 2. The van der Waals surface area contributed by atoms with Crippen LogP contribution >= 0.6 is 0 Å². The average Bonchev–Trinajstić information content (AvgIpc) is 3.17. The van der Waals surface area contributed by atoms with E-state index in [2.05, 4.69) is 10.2 Å². The van der Waals surface area contributed by atoms with Gasteiger partial charge in [-0.2, -0.15) is 0 Å². The Hall–Kier alpha value is -3.16. The van der Waals surface area contributed by atoms with Gasteiger partial charge in [-0.1, -0.05) is 35.9 Å². The van der Waals surface area contributed by atoms with Crippen LogP contribution in [0.3, 0.4) is 0 Å². The van der Waals surface area contributed by atoms with Gasteiger partial charge in [0.05, 0.1) is 13.2 Å². The molecule has 1 aliphatic heterocycles. The number of furan rings is 1. The summed E-state index contributed by atoms with van der Waals surface area (Å²) in [4.78, 5) is 29.5. The number of piperazine rings is 1. The second-order valence-electron chi connectivity index (χ2n) is 8.03. The number of benzene rings is 2. The lowest BCUT2D eigenvalue weighted by atomic mass is 10.1. The third-order valence-corrected chi connectivity index (χ3v) is 5.71. The topological polar surface area (TPSA) is 75.0 Å². The molecule has 0 saturated carbocycles. The predicted molar refractivity (Wildman–Crippen MR) is 124 cm³/mol. The lowest BCUT2D eigenvalue weighted by Gasteiger charge is -2.34. The first-order valence-electron chi connectivity index (χ1n) is 11.0. The number of para-hydroxylation sites is 1. The molecular weight excluding hydrogens is 406 g/mol. The first-order valence-corrected chi connectivity index (χ1v) is 11.0. The maximum Gasteiger partial charge on any atom is 0.290 e. The van der Waals surface area contributed by atoms with Crippen molar-refractivity contribution in [3.63, 3.8) is 0 Å². The zero-order chi connectivity index (χ0) is 22.5. The van der Waals surface area contributed by atoms with Crippen LogP contribution in [-0.4, -0.2) is 60.9 Å². The minimum Gasteiger partial charge on any atom is -0.451 e. The lowest BCUT2D eigenvalue weighted by molar-refractivity contribution is -0.117. The molecule has 2 aromatic carbocycles. The van der Waals surface area contributed by atoms with Crippen molar-refractivity contribution in [1.82, 2.24) is 9.80 Å². The van der Waals surface area contributed by atoms with Gasteiger partial charge in [0.1, 0.15) is 5.58 Å². The van der Waals surface area contributed by atoms with E-state index in [-0.39, 0.29) is 11.8 Å². The van der Waals surface area contributed by atoms with Crippen LogP contribution in [0.4, 0.5) is 5.69 Å². The fraction of sp³-hybridized carbons (Fsp3) is 0.360. The number of nitrogens with one attached hydrogen (secondary N) is 1. The highest BCUT2D eigenvalue weighted by molar-refractivity contribution is 5.99. The summed E-state index contributed by atoms with van der Waals surface area (Å²) in [5.74, 6) is 0.176. The van der Waals surface area contributed by atoms with E-state index in [1.165, 1.54) is 0 Å². The lowest BCUT2D eigenvalue weighted by Crippen LogP contribution is -2.50. The van der Waals surface area contributed by atoms with E-state index in [0.29, 0.717) is 57.3 Å². The highest BCUT2D eigenvalue weighted by Gasteiger charge is 2.28. The van der Waals surface area contributed by atoms with E-state index in [9.17, 15) is 9.59 Å². The first kappa shape index (κ1) is 22.0. The number of amides is 2. The molecule has 7 heteroatoms. The van der Waals surface area contributed by atoms with Gasteiger partial charge in [-0.25, -0.2) is 0 Å². The summed E-state index contributed by atoms with van der Waals surface area (Å²) >= 11 is 0. The van der Waals surface area contributed by atoms with Gasteiger partial charge in [0.15, 0.2) is 5.76 Å². The number of nitrogens with zero attached hydrogens (tertiary/aromatic N) is 2. The largest absolute Gasteiger partial charge is 0.451 e. The van der Waals surface area contributed by atoms with Crippen molar-refractivity contribution < 1.29 is 18.7 Å². The van der Waals surface area contributed by atoms with E-state index < -0.39 is 0 Å². The van der Waals surface area contributed by atoms with Gasteiger partial charge in [-0.05, 0) is 32.0 Å². The fourth-order valence-corrected chi connectivity index (χ4v) is 3.91. The maximum absolute atomic E-state index is 13.2. The standard InChI is InChI=1S/C25H29N3O4/c1-3-31-17-21-20-6-4-5-7-22(20)32-24(21)25(30)28-14-12-27(13-15-28)16-23(29)26-19-10-8-18(2)9-11-19/h4-11H,3,12-17H2,1-2H3,(H,26,29). The maximum atomic E-state index is 13.2. The molecule has 0 spiro atoms. The average molecular weight is 436 g/mol. The molecule has 1 aromatic heterocycles.